The number of fused-ring (bicyclic) bond motifs is 2. The van der Waals surface area contributed by atoms with Crippen LogP contribution >= 0.6 is 0 Å². The van der Waals surface area contributed by atoms with E-state index in [4.69, 9.17) is 0 Å². The van der Waals surface area contributed by atoms with E-state index in [0.717, 1.165) is 94.2 Å². The van der Waals surface area contributed by atoms with E-state index < -0.39 is 23.1 Å². The van der Waals surface area contributed by atoms with Crippen LogP contribution in [0.15, 0.2) is 76.6 Å². The summed E-state index contributed by atoms with van der Waals surface area (Å²) in [5.74, 6) is 0.104. The Balaban J connectivity index is 1.08. The van der Waals surface area contributed by atoms with E-state index in [1.807, 2.05) is 24.4 Å². The average molecular weight is 721 g/mol. The van der Waals surface area contributed by atoms with Crippen molar-refractivity contribution in [1.82, 2.24) is 39.2 Å². The van der Waals surface area contributed by atoms with Crippen molar-refractivity contribution in [3.05, 3.63) is 111 Å². The summed E-state index contributed by atoms with van der Waals surface area (Å²) in [4.78, 5) is 52.5. The minimum atomic E-state index is -0.647. The fourth-order valence-electron chi connectivity index (χ4n) is 7.84. The third-order valence-electron chi connectivity index (χ3n) is 10.9. The van der Waals surface area contributed by atoms with E-state index in [2.05, 4.69) is 68.2 Å². The predicted octanol–water partition coefficient (Wildman–Crippen LogP) is 5.62. The van der Waals surface area contributed by atoms with Crippen molar-refractivity contribution < 1.29 is 9.18 Å². The van der Waals surface area contributed by atoms with Crippen molar-refractivity contribution in [3.8, 4) is 16.8 Å². The zero-order chi connectivity index (χ0) is 36.9. The lowest BCUT2D eigenvalue weighted by molar-refractivity contribution is 0.0917. The normalized spacial score (nSPS) is 17.3. The highest BCUT2D eigenvalue weighted by Gasteiger charge is 2.29. The molecule has 3 aromatic heterocycles. The third-order valence-corrected chi connectivity index (χ3v) is 10.9. The van der Waals surface area contributed by atoms with Crippen LogP contribution in [-0.4, -0.2) is 66.7 Å². The number of carbonyl (C=O) groups excluding carboxylic acids is 1. The summed E-state index contributed by atoms with van der Waals surface area (Å²) in [6.45, 7) is 10.2. The fourth-order valence-corrected chi connectivity index (χ4v) is 7.84. The maximum atomic E-state index is 14.6. The second-order valence-electron chi connectivity index (χ2n) is 14.3. The molecule has 4 heterocycles. The minimum absolute atomic E-state index is 0.0446. The van der Waals surface area contributed by atoms with Crippen LogP contribution < -0.4 is 21.9 Å². The van der Waals surface area contributed by atoms with Crippen molar-refractivity contribution in [2.24, 2.45) is 0 Å². The number of hydrogen-bond donors (Lipinski definition) is 2. The van der Waals surface area contributed by atoms with Crippen molar-refractivity contribution in [2.75, 3.05) is 26.2 Å². The van der Waals surface area contributed by atoms with Crippen LogP contribution in [0.5, 0.6) is 0 Å². The van der Waals surface area contributed by atoms with Gasteiger partial charge in [-0.05, 0) is 106 Å². The van der Waals surface area contributed by atoms with Gasteiger partial charge in [-0.15, -0.1) is 0 Å². The Kier molecular flexibility index (Phi) is 11.3. The first kappa shape index (κ1) is 36.4. The van der Waals surface area contributed by atoms with Crippen molar-refractivity contribution >= 4 is 16.9 Å². The maximum Gasteiger partial charge on any atom is 0.337 e. The van der Waals surface area contributed by atoms with E-state index in [1.165, 1.54) is 14.7 Å². The lowest BCUT2D eigenvalue weighted by atomic mass is 9.90. The number of carbonyl (C=O) groups is 1. The number of rotatable bonds is 13. The Labute approximate surface area is 308 Å². The van der Waals surface area contributed by atoms with Gasteiger partial charge >= 0.3 is 5.69 Å². The SMILES string of the molecule is CCN(CC)CCCNCc1ccc(-c2cccc(-n3c(=O)n([C@H]4CC[C@@H](NC(=O)c5cn6c(n5)CCCC6)CC4)c(=O)c4cc(F)cnc43)c2)cc1. The van der Waals surface area contributed by atoms with Crippen molar-refractivity contribution in [1.29, 1.82) is 0 Å². The maximum absolute atomic E-state index is 14.6. The molecular weight excluding hydrogens is 672 g/mol. The van der Waals surface area contributed by atoms with E-state index in [0.29, 0.717) is 37.1 Å². The zero-order valence-corrected chi connectivity index (χ0v) is 30.7. The number of nitrogens with one attached hydrogen (secondary N) is 2. The number of benzene rings is 2. The van der Waals surface area contributed by atoms with Gasteiger partial charge in [0, 0.05) is 37.8 Å². The van der Waals surface area contributed by atoms with Gasteiger partial charge in [0.2, 0.25) is 0 Å². The summed E-state index contributed by atoms with van der Waals surface area (Å²) < 4.78 is 19.3. The van der Waals surface area contributed by atoms with Crippen LogP contribution in [-0.2, 0) is 19.5 Å². The monoisotopic (exact) mass is 720 g/mol. The molecule has 53 heavy (non-hydrogen) atoms. The van der Waals surface area contributed by atoms with Gasteiger partial charge in [0.25, 0.3) is 11.5 Å². The van der Waals surface area contributed by atoms with Crippen LogP contribution in [0, 0.1) is 5.82 Å². The topological polar surface area (TPSA) is 119 Å². The Morgan fingerprint density at radius 3 is 2.53 bits per heavy atom. The molecule has 1 amide bonds. The number of pyridine rings is 1. The summed E-state index contributed by atoms with van der Waals surface area (Å²) in [5.41, 5.74) is 3.07. The summed E-state index contributed by atoms with van der Waals surface area (Å²) in [5, 5.41) is 6.70. The molecule has 0 atom stereocenters. The molecule has 2 aliphatic rings. The summed E-state index contributed by atoms with van der Waals surface area (Å²) in [7, 11) is 0. The molecule has 0 radical (unpaired) electrons. The van der Waals surface area contributed by atoms with Gasteiger partial charge in [0.1, 0.15) is 17.3 Å². The summed E-state index contributed by atoms with van der Waals surface area (Å²) in [6, 6.07) is 16.6. The van der Waals surface area contributed by atoms with Gasteiger partial charge in [-0.2, -0.15) is 0 Å². The molecule has 0 saturated heterocycles. The first-order valence-electron chi connectivity index (χ1n) is 19.2. The van der Waals surface area contributed by atoms with E-state index in [9.17, 15) is 18.8 Å². The van der Waals surface area contributed by atoms with Crippen LogP contribution in [0.1, 0.15) is 86.7 Å². The smallest absolute Gasteiger partial charge is 0.337 e. The van der Waals surface area contributed by atoms with E-state index >= 15 is 0 Å². The highest BCUT2D eigenvalue weighted by Crippen LogP contribution is 2.29. The molecule has 12 heteroatoms. The van der Waals surface area contributed by atoms with E-state index in [-0.39, 0.29) is 23.0 Å². The fraction of sp³-hybridized carbons (Fsp3) is 0.439. The Morgan fingerprint density at radius 1 is 0.981 bits per heavy atom. The van der Waals surface area contributed by atoms with Crippen LogP contribution in [0.25, 0.3) is 27.8 Å². The minimum Gasteiger partial charge on any atom is -0.348 e. The van der Waals surface area contributed by atoms with Crippen LogP contribution in [0.3, 0.4) is 0 Å². The van der Waals surface area contributed by atoms with Gasteiger partial charge in [-0.25, -0.2) is 23.7 Å². The average Bonchev–Trinajstić information content (AvgIpc) is 3.63. The van der Waals surface area contributed by atoms with E-state index in [1.54, 1.807) is 6.07 Å². The number of imidazole rings is 1. The van der Waals surface area contributed by atoms with Gasteiger partial charge < -0.3 is 20.1 Å². The summed E-state index contributed by atoms with van der Waals surface area (Å²) in [6.07, 6.45) is 9.20. The molecule has 0 unspecified atom stereocenters. The van der Waals surface area contributed by atoms with Crippen LogP contribution in [0.2, 0.25) is 0 Å². The molecule has 1 aliphatic heterocycles. The highest BCUT2D eigenvalue weighted by atomic mass is 19.1. The number of hydrogen-bond acceptors (Lipinski definition) is 7. The van der Waals surface area contributed by atoms with Crippen LogP contribution in [0.4, 0.5) is 4.39 Å². The standard InChI is InChI=1S/C41H49FN8O3/c1-3-47(4-2)21-8-20-43-25-28-12-14-29(15-13-28)30-9-7-10-34(23-30)49-38-35(24-31(42)26-44-38)40(52)50(41(49)53)33-18-16-32(17-19-33)45-39(51)36-27-48-22-6-5-11-37(48)46-36/h7,9-10,12-15,23-24,26-27,32-33,43H,3-6,8,11,16-22,25H2,1-2H3,(H,45,51)/t32-,33+. The molecule has 2 aromatic carbocycles. The molecule has 1 saturated carbocycles. The molecule has 1 fully saturated rings. The molecule has 1 aliphatic carbocycles. The first-order valence-corrected chi connectivity index (χ1v) is 19.2. The third kappa shape index (κ3) is 8.03. The number of aromatic nitrogens is 5. The molecule has 2 N–H and O–H groups in total. The number of halogens is 1. The highest BCUT2D eigenvalue weighted by molar-refractivity contribution is 5.92. The second kappa shape index (κ2) is 16.4. The van der Waals surface area contributed by atoms with Gasteiger partial charge in [0.15, 0.2) is 5.65 Å². The Morgan fingerprint density at radius 2 is 1.77 bits per heavy atom. The Bertz CT molecular complexity index is 2160. The predicted molar refractivity (Wildman–Crippen MR) is 205 cm³/mol. The van der Waals surface area contributed by atoms with Gasteiger partial charge in [-0.3, -0.25) is 14.2 Å². The molecule has 0 spiro atoms. The van der Waals surface area contributed by atoms with Gasteiger partial charge in [0.05, 0.1) is 17.3 Å². The molecule has 11 nitrogen and oxygen atoms in total. The Hall–Kier alpha value is -4.94. The zero-order valence-electron chi connectivity index (χ0n) is 30.7. The van der Waals surface area contributed by atoms with Crippen molar-refractivity contribution in [3.63, 3.8) is 0 Å². The first-order chi connectivity index (χ1) is 25.8. The number of nitrogens with zero attached hydrogens (tertiary/aromatic N) is 6. The largest absolute Gasteiger partial charge is 0.348 e. The number of aryl methyl sites for hydroxylation is 2. The van der Waals surface area contributed by atoms with Crippen molar-refractivity contribution in [2.45, 2.75) is 90.4 Å². The molecule has 7 rings (SSSR count). The quantitative estimate of drug-likeness (QED) is 0.152. The number of amides is 1. The summed E-state index contributed by atoms with van der Waals surface area (Å²) >= 11 is 0. The molecule has 5 aromatic rings. The molecule has 0 bridgehead atoms. The lowest BCUT2D eigenvalue weighted by Gasteiger charge is -2.30. The molecule has 278 valence electrons. The van der Waals surface area contributed by atoms with Gasteiger partial charge in [-0.1, -0.05) is 50.2 Å². The molecular formula is C41H49FN8O3. The second-order valence-corrected chi connectivity index (χ2v) is 14.3. The lowest BCUT2D eigenvalue weighted by Crippen LogP contribution is -2.45.